The molecule has 0 radical (unpaired) electrons. The molecular weight excluding hydrogens is 228 g/mol. The number of likely N-dealkylation sites (tertiary alicyclic amines) is 1. The van der Waals surface area contributed by atoms with Crippen LogP contribution in [0.2, 0.25) is 0 Å². The van der Waals surface area contributed by atoms with Gasteiger partial charge < -0.3 is 19.5 Å². The van der Waals surface area contributed by atoms with Crippen molar-refractivity contribution < 1.29 is 24.2 Å². The molecule has 94 valence electrons. The van der Waals surface area contributed by atoms with Gasteiger partial charge in [-0.05, 0) is 0 Å². The molecule has 2 rings (SSSR count). The number of carboxylic acids is 1. The van der Waals surface area contributed by atoms with E-state index >= 15 is 0 Å². The van der Waals surface area contributed by atoms with Crippen molar-refractivity contribution >= 4 is 11.9 Å². The third-order valence-corrected chi connectivity index (χ3v) is 2.32. The maximum atomic E-state index is 10.9. The lowest BCUT2D eigenvalue weighted by molar-refractivity contribution is -0.147. The number of hydrogen-bond donors (Lipinski definition) is 2. The summed E-state index contributed by atoms with van der Waals surface area (Å²) in [7, 11) is 0. The Kier molecular flexibility index (Phi) is 4.65. The van der Waals surface area contributed by atoms with Gasteiger partial charge in [-0.2, -0.15) is 0 Å². The summed E-state index contributed by atoms with van der Waals surface area (Å²) >= 11 is 0. The molecule has 0 aliphatic carbocycles. The van der Waals surface area contributed by atoms with Gasteiger partial charge in [-0.1, -0.05) is 0 Å². The van der Waals surface area contributed by atoms with Crippen LogP contribution in [0.3, 0.4) is 0 Å². The van der Waals surface area contributed by atoms with Crippen molar-refractivity contribution in [3.8, 4) is 0 Å². The summed E-state index contributed by atoms with van der Waals surface area (Å²) in [5, 5.41) is 17.8. The Morgan fingerprint density at radius 1 is 1.53 bits per heavy atom. The molecule has 2 N–H and O–H groups in total. The molecule has 0 aromatic carbocycles. The molecule has 1 aliphatic rings. The van der Waals surface area contributed by atoms with Crippen molar-refractivity contribution in [2.45, 2.75) is 25.5 Å². The number of amides is 1. The smallest absolute Gasteiger partial charge is 0.326 e. The van der Waals surface area contributed by atoms with E-state index in [1.54, 1.807) is 6.20 Å². The second-order valence-electron chi connectivity index (χ2n) is 3.59. The van der Waals surface area contributed by atoms with E-state index in [0.717, 1.165) is 0 Å². The first-order chi connectivity index (χ1) is 8.02. The van der Waals surface area contributed by atoms with Gasteiger partial charge in [0, 0.05) is 19.9 Å². The molecule has 7 heteroatoms. The van der Waals surface area contributed by atoms with Crippen molar-refractivity contribution in [2.24, 2.45) is 0 Å². The van der Waals surface area contributed by atoms with Crippen molar-refractivity contribution in [1.82, 2.24) is 9.88 Å². The van der Waals surface area contributed by atoms with E-state index in [-0.39, 0.29) is 18.9 Å². The minimum Gasteiger partial charge on any atom is -0.480 e. The third-order valence-electron chi connectivity index (χ3n) is 2.32. The number of carbonyl (C=O) groups is 2. The largest absolute Gasteiger partial charge is 0.480 e. The first kappa shape index (κ1) is 13.2. The highest BCUT2D eigenvalue weighted by molar-refractivity contribution is 5.83. The molecule has 2 heterocycles. The van der Waals surface area contributed by atoms with Crippen LogP contribution >= 0.6 is 0 Å². The zero-order chi connectivity index (χ0) is 12.8. The molecule has 1 aromatic rings. The lowest BCUT2D eigenvalue weighted by Crippen LogP contribution is -2.39. The highest BCUT2D eigenvalue weighted by Crippen LogP contribution is 2.17. The van der Waals surface area contributed by atoms with Gasteiger partial charge in [0.1, 0.15) is 12.3 Å². The predicted molar refractivity (Wildman–Crippen MR) is 55.9 cm³/mol. The molecular formula is C10H14N2O5. The minimum atomic E-state index is -1.05. The molecule has 0 unspecified atom stereocenters. The monoisotopic (exact) mass is 242 g/mol. The normalized spacial score (nSPS) is 22.8. The first-order valence-electron chi connectivity index (χ1n) is 5.02. The Hall–Kier alpha value is -1.89. The summed E-state index contributed by atoms with van der Waals surface area (Å²) in [5.41, 5.74) is 0. The Bertz CT molecular complexity index is 326. The van der Waals surface area contributed by atoms with Gasteiger partial charge in [0.2, 0.25) is 5.91 Å². The van der Waals surface area contributed by atoms with Gasteiger partial charge in [0.25, 0.3) is 0 Å². The lowest BCUT2D eigenvalue weighted by atomic mass is 10.2. The standard InChI is InChI=1S/C7H11NO4.C3H3NO/c1-4(9)8-3-5(10)2-6(8)7(11)12;1-2-5-3-4-1/h5-6,10H,2-3H2,1H3,(H,11,12);1-3H/t5-,6+;/m1./s1. The van der Waals surface area contributed by atoms with Crippen molar-refractivity contribution in [2.75, 3.05) is 6.54 Å². The number of aliphatic hydroxyl groups is 1. The second-order valence-corrected chi connectivity index (χ2v) is 3.59. The molecule has 1 saturated heterocycles. The Balaban J connectivity index is 0.000000239. The van der Waals surface area contributed by atoms with Crippen LogP contribution in [0.4, 0.5) is 0 Å². The van der Waals surface area contributed by atoms with E-state index in [1.165, 1.54) is 24.5 Å². The van der Waals surface area contributed by atoms with E-state index in [0.29, 0.717) is 0 Å². The first-order valence-corrected chi connectivity index (χ1v) is 5.02. The molecule has 0 saturated carbocycles. The van der Waals surface area contributed by atoms with Crippen LogP contribution in [-0.2, 0) is 9.59 Å². The topological polar surface area (TPSA) is 104 Å². The molecule has 17 heavy (non-hydrogen) atoms. The van der Waals surface area contributed by atoms with E-state index in [9.17, 15) is 9.59 Å². The highest BCUT2D eigenvalue weighted by atomic mass is 16.4. The van der Waals surface area contributed by atoms with Crippen LogP contribution in [0, 0.1) is 0 Å². The maximum absolute atomic E-state index is 10.9. The molecule has 1 amide bonds. The number of aromatic nitrogens is 1. The second kappa shape index (κ2) is 6.00. The summed E-state index contributed by atoms with van der Waals surface area (Å²) < 4.78 is 4.47. The highest BCUT2D eigenvalue weighted by Gasteiger charge is 2.37. The number of carboxylic acid groups (broad SMARTS) is 1. The average Bonchev–Trinajstić information content (AvgIpc) is 2.87. The summed E-state index contributed by atoms with van der Waals surface area (Å²) in [4.78, 5) is 26.1. The van der Waals surface area contributed by atoms with Gasteiger partial charge in [-0.25, -0.2) is 9.78 Å². The summed E-state index contributed by atoms with van der Waals surface area (Å²) in [6.07, 6.45) is 3.91. The van der Waals surface area contributed by atoms with Crippen LogP contribution in [-0.4, -0.2) is 50.7 Å². The Labute approximate surface area is 97.7 Å². The van der Waals surface area contributed by atoms with Crippen LogP contribution in [0.15, 0.2) is 23.3 Å². The van der Waals surface area contributed by atoms with E-state index in [4.69, 9.17) is 10.2 Å². The van der Waals surface area contributed by atoms with Gasteiger partial charge in [-0.15, -0.1) is 0 Å². The summed E-state index contributed by atoms with van der Waals surface area (Å²) in [6, 6.07) is -0.850. The predicted octanol–water partition coefficient (Wildman–Crippen LogP) is -0.273. The number of rotatable bonds is 1. The average molecular weight is 242 g/mol. The van der Waals surface area contributed by atoms with E-state index in [2.05, 4.69) is 9.40 Å². The Morgan fingerprint density at radius 3 is 2.53 bits per heavy atom. The molecule has 1 fully saturated rings. The van der Waals surface area contributed by atoms with Crippen molar-refractivity contribution in [3.05, 3.63) is 18.9 Å². The Morgan fingerprint density at radius 2 is 2.24 bits per heavy atom. The van der Waals surface area contributed by atoms with Crippen LogP contribution in [0.5, 0.6) is 0 Å². The number of carbonyl (C=O) groups excluding carboxylic acids is 1. The zero-order valence-corrected chi connectivity index (χ0v) is 9.31. The SMILES string of the molecule is CC(=O)N1C[C@H](O)C[C@H]1C(=O)O.c1cocn1. The van der Waals surface area contributed by atoms with Gasteiger partial charge >= 0.3 is 5.97 Å². The van der Waals surface area contributed by atoms with Gasteiger partial charge in [0.05, 0.1) is 12.3 Å². The van der Waals surface area contributed by atoms with Crippen LogP contribution in [0.25, 0.3) is 0 Å². The third kappa shape index (κ3) is 3.87. The number of β-amino-alcohol motifs (C(OH)–C–C–N with tert-alkyl or cyclic N) is 1. The fraction of sp³-hybridized carbons (Fsp3) is 0.500. The van der Waals surface area contributed by atoms with Gasteiger partial charge in [-0.3, -0.25) is 4.79 Å². The molecule has 0 bridgehead atoms. The van der Waals surface area contributed by atoms with Crippen molar-refractivity contribution in [3.63, 3.8) is 0 Å². The summed E-state index contributed by atoms with van der Waals surface area (Å²) in [6.45, 7) is 1.43. The van der Waals surface area contributed by atoms with Crippen LogP contribution < -0.4 is 0 Å². The van der Waals surface area contributed by atoms with E-state index < -0.39 is 18.1 Å². The molecule has 0 spiro atoms. The fourth-order valence-corrected chi connectivity index (χ4v) is 1.57. The quantitative estimate of drug-likeness (QED) is 0.702. The molecule has 2 atom stereocenters. The maximum Gasteiger partial charge on any atom is 0.326 e. The number of aliphatic hydroxyl groups excluding tert-OH is 1. The number of oxazole rings is 1. The van der Waals surface area contributed by atoms with Crippen LogP contribution in [0.1, 0.15) is 13.3 Å². The van der Waals surface area contributed by atoms with Gasteiger partial charge in [0.15, 0.2) is 6.39 Å². The number of nitrogens with zero attached hydrogens (tertiary/aromatic N) is 2. The molecule has 1 aliphatic heterocycles. The summed E-state index contributed by atoms with van der Waals surface area (Å²) in [5.74, 6) is -1.36. The molecule has 1 aromatic heterocycles. The lowest BCUT2D eigenvalue weighted by Gasteiger charge is -2.18. The fourth-order valence-electron chi connectivity index (χ4n) is 1.57. The number of hydrogen-bond acceptors (Lipinski definition) is 5. The molecule has 7 nitrogen and oxygen atoms in total. The number of aliphatic carboxylic acids is 1. The zero-order valence-electron chi connectivity index (χ0n) is 9.31. The van der Waals surface area contributed by atoms with Crippen molar-refractivity contribution in [1.29, 1.82) is 0 Å². The minimum absolute atomic E-state index is 0.131. The van der Waals surface area contributed by atoms with E-state index in [1.807, 2.05) is 0 Å².